The van der Waals surface area contributed by atoms with Crippen LogP contribution >= 0.6 is 0 Å². The van der Waals surface area contributed by atoms with Gasteiger partial charge in [0, 0.05) is 32.0 Å². The Balaban J connectivity index is 0.000000377. The van der Waals surface area contributed by atoms with Crippen LogP contribution in [0.5, 0.6) is 0 Å². The number of alkyl halides is 6. The van der Waals surface area contributed by atoms with Gasteiger partial charge in [-0.1, -0.05) is 30.3 Å². The summed E-state index contributed by atoms with van der Waals surface area (Å²) < 4.78 is 77.3. The molecule has 0 amide bonds. The van der Waals surface area contributed by atoms with Crippen LogP contribution in [0.15, 0.2) is 91.1 Å². The molecule has 207 valence electrons. The van der Waals surface area contributed by atoms with Crippen molar-refractivity contribution in [2.24, 2.45) is 0 Å². The van der Waals surface area contributed by atoms with Crippen LogP contribution in [-0.4, -0.2) is 26.0 Å². The number of aromatic nitrogens is 3. The van der Waals surface area contributed by atoms with Crippen molar-refractivity contribution in [3.8, 4) is 22.5 Å². The van der Waals surface area contributed by atoms with E-state index in [2.05, 4.69) is 21.0 Å². The van der Waals surface area contributed by atoms with Gasteiger partial charge in [0.1, 0.15) is 5.69 Å². The van der Waals surface area contributed by atoms with E-state index in [-0.39, 0.29) is 42.8 Å². The van der Waals surface area contributed by atoms with Gasteiger partial charge in [-0.05, 0) is 47.5 Å². The molecule has 0 aliphatic heterocycles. The molecule has 3 aromatic carbocycles. The van der Waals surface area contributed by atoms with Crippen molar-refractivity contribution in [3.63, 3.8) is 0 Å². The Morgan fingerprint density at radius 2 is 1.25 bits per heavy atom. The number of carboxylic acids is 1. The Morgan fingerprint density at radius 3 is 1.70 bits per heavy atom. The molecule has 5 nitrogen and oxygen atoms in total. The molecule has 0 unspecified atom stereocenters. The van der Waals surface area contributed by atoms with E-state index >= 15 is 0 Å². The number of hydrogen-bond donors (Lipinski definition) is 1. The fourth-order valence-corrected chi connectivity index (χ4v) is 3.44. The van der Waals surface area contributed by atoms with Gasteiger partial charge in [0.15, 0.2) is 0 Å². The van der Waals surface area contributed by atoms with E-state index in [0.717, 1.165) is 24.3 Å². The number of para-hydroxylation sites is 2. The molecule has 0 bridgehead atoms. The van der Waals surface area contributed by atoms with Gasteiger partial charge < -0.3 is 5.11 Å². The normalized spacial score (nSPS) is 11.2. The van der Waals surface area contributed by atoms with Crippen LogP contribution in [0.4, 0.5) is 26.3 Å². The Morgan fingerprint density at radius 1 is 0.700 bits per heavy atom. The maximum Gasteiger partial charge on any atom is 0.416 e. The van der Waals surface area contributed by atoms with Crippen molar-refractivity contribution in [1.29, 1.82) is 0 Å². The SMILES string of the molecule is FC(F)(F)c1c[c-]c(-c2nc3ccccc3nc2-c2ccc(C(F)(F)F)cc2)cc1.O=C(O)c1ccccn1.[Ir]. The summed E-state index contributed by atoms with van der Waals surface area (Å²) in [5.41, 5.74) is 0.469. The summed E-state index contributed by atoms with van der Waals surface area (Å²) in [5, 5.41) is 8.32. The molecule has 0 aliphatic rings. The van der Waals surface area contributed by atoms with Gasteiger partial charge >= 0.3 is 18.3 Å². The minimum absolute atomic E-state index is 0. The van der Waals surface area contributed by atoms with Crippen molar-refractivity contribution in [2.45, 2.75) is 12.4 Å². The first kappa shape index (κ1) is 30.4. The summed E-state index contributed by atoms with van der Waals surface area (Å²) in [6, 6.07) is 21.5. The maximum atomic E-state index is 12.9. The number of rotatable bonds is 3. The first-order valence-corrected chi connectivity index (χ1v) is 11.1. The van der Waals surface area contributed by atoms with Crippen LogP contribution in [0, 0.1) is 6.07 Å². The van der Waals surface area contributed by atoms with Crippen molar-refractivity contribution < 1.29 is 56.3 Å². The van der Waals surface area contributed by atoms with Gasteiger partial charge in [0.25, 0.3) is 0 Å². The molecule has 2 aromatic heterocycles. The Labute approximate surface area is 236 Å². The summed E-state index contributed by atoms with van der Waals surface area (Å²) in [5.74, 6) is -0.990. The van der Waals surface area contributed by atoms with E-state index in [4.69, 9.17) is 5.11 Å². The Kier molecular flexibility index (Phi) is 9.39. The minimum atomic E-state index is -4.51. The predicted octanol–water partition coefficient (Wildman–Crippen LogP) is 7.58. The summed E-state index contributed by atoms with van der Waals surface area (Å²) >= 11 is 0. The van der Waals surface area contributed by atoms with Crippen molar-refractivity contribution in [3.05, 3.63) is 114 Å². The zero-order valence-corrected chi connectivity index (χ0v) is 22.4. The van der Waals surface area contributed by atoms with Gasteiger partial charge in [-0.3, -0.25) is 9.97 Å². The standard InChI is InChI=1S/C22H11F6N2.C6H5NO2.Ir/c23-21(24,25)15-9-5-13(6-10-15)19-20(30-18-4-2-1-3-17(18)29-19)14-7-11-16(12-8-14)22(26,27)28;8-6(9)5-3-1-2-4-7-5;/h1-7,9-12H;1-4H,(H,8,9);/q-1;;. The van der Waals surface area contributed by atoms with E-state index in [1.54, 1.807) is 36.4 Å². The molecule has 0 aliphatic carbocycles. The van der Waals surface area contributed by atoms with Gasteiger partial charge in [0.05, 0.1) is 22.3 Å². The third-order valence-electron chi connectivity index (χ3n) is 5.34. The molecule has 1 radical (unpaired) electrons. The second kappa shape index (κ2) is 12.4. The number of carboxylic acid groups (broad SMARTS) is 1. The molecule has 2 heterocycles. The summed E-state index contributed by atoms with van der Waals surface area (Å²) in [6.07, 6.45) is -7.55. The van der Waals surface area contributed by atoms with Crippen molar-refractivity contribution in [1.82, 2.24) is 15.0 Å². The number of aromatic carboxylic acids is 1. The van der Waals surface area contributed by atoms with Gasteiger partial charge in [-0.25, -0.2) is 9.78 Å². The quantitative estimate of drug-likeness (QED) is 0.153. The number of nitrogens with zero attached hydrogens (tertiary/aromatic N) is 3. The number of hydrogen-bond acceptors (Lipinski definition) is 4. The molecule has 0 saturated carbocycles. The van der Waals surface area contributed by atoms with Crippen molar-refractivity contribution in [2.75, 3.05) is 0 Å². The van der Waals surface area contributed by atoms with Crippen LogP contribution in [0.25, 0.3) is 33.5 Å². The average molecular weight is 733 g/mol. The van der Waals surface area contributed by atoms with E-state index in [0.29, 0.717) is 16.6 Å². The van der Waals surface area contributed by atoms with Crippen LogP contribution in [0.1, 0.15) is 21.6 Å². The molecule has 12 heteroatoms. The number of carbonyl (C=O) groups is 1. The van der Waals surface area contributed by atoms with Crippen LogP contribution in [0.2, 0.25) is 0 Å². The minimum Gasteiger partial charge on any atom is -0.477 e. The fraction of sp³-hybridized carbons (Fsp3) is 0.0714. The zero-order chi connectivity index (χ0) is 28.2. The number of halogens is 6. The largest absolute Gasteiger partial charge is 0.477 e. The maximum absolute atomic E-state index is 12.9. The number of benzene rings is 3. The molecular formula is C28H16F6IrN3O2-. The molecule has 0 atom stereocenters. The molecule has 0 saturated heterocycles. The molecule has 1 N–H and O–H groups in total. The molecule has 5 aromatic rings. The summed E-state index contributed by atoms with van der Waals surface area (Å²) in [6.45, 7) is 0. The third-order valence-corrected chi connectivity index (χ3v) is 5.34. The molecule has 0 spiro atoms. The second-order valence-electron chi connectivity index (χ2n) is 7.99. The third kappa shape index (κ3) is 7.28. The van der Waals surface area contributed by atoms with E-state index in [1.807, 2.05) is 0 Å². The molecular weight excluding hydrogens is 717 g/mol. The summed E-state index contributed by atoms with van der Waals surface area (Å²) in [7, 11) is 0. The topological polar surface area (TPSA) is 76.0 Å². The van der Waals surface area contributed by atoms with Crippen LogP contribution < -0.4 is 0 Å². The Bertz CT molecular complexity index is 1500. The average Bonchev–Trinajstić information content (AvgIpc) is 2.92. The molecule has 40 heavy (non-hydrogen) atoms. The molecule has 0 fully saturated rings. The first-order chi connectivity index (χ1) is 18.4. The van der Waals surface area contributed by atoms with Crippen LogP contribution in [-0.2, 0) is 32.5 Å². The Hall–Kier alpha value is -4.15. The number of pyridine rings is 1. The fourth-order valence-electron chi connectivity index (χ4n) is 3.44. The van der Waals surface area contributed by atoms with E-state index in [1.165, 1.54) is 30.5 Å². The van der Waals surface area contributed by atoms with Crippen LogP contribution in [0.3, 0.4) is 0 Å². The molecule has 5 rings (SSSR count). The zero-order valence-electron chi connectivity index (χ0n) is 20.0. The van der Waals surface area contributed by atoms with Gasteiger partial charge in [-0.15, -0.1) is 29.8 Å². The smallest absolute Gasteiger partial charge is 0.416 e. The van der Waals surface area contributed by atoms with Crippen molar-refractivity contribution >= 4 is 17.0 Å². The van der Waals surface area contributed by atoms with E-state index < -0.39 is 29.4 Å². The first-order valence-electron chi connectivity index (χ1n) is 11.1. The van der Waals surface area contributed by atoms with Gasteiger partial charge in [-0.2, -0.15) is 26.3 Å². The second-order valence-corrected chi connectivity index (χ2v) is 7.99. The van der Waals surface area contributed by atoms with E-state index in [9.17, 15) is 31.1 Å². The summed E-state index contributed by atoms with van der Waals surface area (Å²) in [4.78, 5) is 22.7. The van der Waals surface area contributed by atoms with Gasteiger partial charge in [0.2, 0.25) is 0 Å². The predicted molar refractivity (Wildman–Crippen MR) is 130 cm³/mol. The monoisotopic (exact) mass is 733 g/mol. The number of fused-ring (bicyclic) bond motifs is 1.